The summed E-state index contributed by atoms with van der Waals surface area (Å²) in [6, 6.07) is 18.2. The van der Waals surface area contributed by atoms with E-state index in [0.717, 1.165) is 47.5 Å². The van der Waals surface area contributed by atoms with Crippen molar-refractivity contribution in [1.82, 2.24) is 0 Å². The molecule has 1 heterocycles. The number of furan rings is 1. The first-order valence-electron chi connectivity index (χ1n) is 7.09. The van der Waals surface area contributed by atoms with Crippen molar-refractivity contribution in [2.24, 2.45) is 0 Å². The van der Waals surface area contributed by atoms with E-state index < -0.39 is 0 Å². The maximum atomic E-state index is 5.92. The standard InChI is InChI=1S/C18H18O2/c1-2-3-12-19-17-11-7-5-9-15(17)18-13-14-8-4-6-10-16(14)20-18/h4-11,13H,2-3,12H2,1H3. The second-order valence-corrected chi connectivity index (χ2v) is 4.85. The predicted molar refractivity (Wildman–Crippen MR) is 82.1 cm³/mol. The lowest BCUT2D eigenvalue weighted by atomic mass is 10.1. The number of unbranched alkanes of at least 4 members (excludes halogenated alkanes) is 1. The van der Waals surface area contributed by atoms with Crippen LogP contribution in [-0.2, 0) is 0 Å². The van der Waals surface area contributed by atoms with Gasteiger partial charge in [-0.2, -0.15) is 0 Å². The number of ether oxygens (including phenoxy) is 1. The predicted octanol–water partition coefficient (Wildman–Crippen LogP) is 5.28. The van der Waals surface area contributed by atoms with Gasteiger partial charge in [0.2, 0.25) is 0 Å². The molecule has 0 spiro atoms. The minimum Gasteiger partial charge on any atom is -0.493 e. The molecule has 1 aromatic heterocycles. The molecular weight excluding hydrogens is 248 g/mol. The topological polar surface area (TPSA) is 22.4 Å². The molecule has 0 unspecified atom stereocenters. The molecule has 0 bridgehead atoms. The van der Waals surface area contributed by atoms with Gasteiger partial charge in [0.25, 0.3) is 0 Å². The zero-order valence-corrected chi connectivity index (χ0v) is 11.6. The molecular formula is C18H18O2. The summed E-state index contributed by atoms with van der Waals surface area (Å²) in [5.74, 6) is 1.75. The minimum atomic E-state index is 0.744. The Hall–Kier alpha value is -2.22. The second-order valence-electron chi connectivity index (χ2n) is 4.85. The van der Waals surface area contributed by atoms with E-state index in [9.17, 15) is 0 Å². The van der Waals surface area contributed by atoms with E-state index >= 15 is 0 Å². The molecule has 0 atom stereocenters. The molecule has 0 amide bonds. The quantitative estimate of drug-likeness (QED) is 0.586. The van der Waals surface area contributed by atoms with Gasteiger partial charge in [0.1, 0.15) is 17.1 Å². The molecule has 0 aliphatic rings. The van der Waals surface area contributed by atoms with Crippen molar-refractivity contribution >= 4 is 11.0 Å². The molecule has 20 heavy (non-hydrogen) atoms. The molecule has 3 rings (SSSR count). The van der Waals surface area contributed by atoms with Gasteiger partial charge < -0.3 is 9.15 Å². The first-order chi connectivity index (χ1) is 9.88. The highest BCUT2D eigenvalue weighted by Gasteiger charge is 2.10. The molecule has 0 aliphatic heterocycles. The number of hydrogen-bond acceptors (Lipinski definition) is 2. The Bertz CT molecular complexity index is 664. The largest absolute Gasteiger partial charge is 0.493 e. The fourth-order valence-electron chi connectivity index (χ4n) is 2.24. The monoisotopic (exact) mass is 266 g/mol. The molecule has 0 N–H and O–H groups in total. The third-order valence-electron chi connectivity index (χ3n) is 3.33. The first kappa shape index (κ1) is 12.8. The van der Waals surface area contributed by atoms with Crippen LogP contribution in [0.4, 0.5) is 0 Å². The average molecular weight is 266 g/mol. The molecule has 0 saturated carbocycles. The Morgan fingerprint density at radius 2 is 1.80 bits per heavy atom. The van der Waals surface area contributed by atoms with Crippen molar-refractivity contribution in [2.45, 2.75) is 19.8 Å². The van der Waals surface area contributed by atoms with Crippen molar-refractivity contribution in [3.05, 3.63) is 54.6 Å². The fraction of sp³-hybridized carbons (Fsp3) is 0.222. The van der Waals surface area contributed by atoms with Gasteiger partial charge >= 0.3 is 0 Å². The van der Waals surface area contributed by atoms with Crippen molar-refractivity contribution in [3.63, 3.8) is 0 Å². The SMILES string of the molecule is CCCCOc1ccccc1-c1cc2ccccc2o1. The molecule has 0 radical (unpaired) electrons. The Balaban J connectivity index is 1.96. The molecule has 2 heteroatoms. The molecule has 0 fully saturated rings. The highest BCUT2D eigenvalue weighted by Crippen LogP contribution is 2.34. The molecule has 0 aliphatic carbocycles. The highest BCUT2D eigenvalue weighted by atomic mass is 16.5. The van der Waals surface area contributed by atoms with Crippen LogP contribution < -0.4 is 4.74 Å². The molecule has 2 nitrogen and oxygen atoms in total. The Labute approximate surface area is 119 Å². The van der Waals surface area contributed by atoms with Crippen LogP contribution in [0.25, 0.3) is 22.3 Å². The summed E-state index contributed by atoms with van der Waals surface area (Å²) in [6.07, 6.45) is 2.20. The van der Waals surface area contributed by atoms with Crippen LogP contribution in [0.1, 0.15) is 19.8 Å². The highest BCUT2D eigenvalue weighted by molar-refractivity contribution is 5.83. The van der Waals surface area contributed by atoms with Crippen molar-refractivity contribution in [2.75, 3.05) is 6.61 Å². The van der Waals surface area contributed by atoms with Crippen molar-refractivity contribution < 1.29 is 9.15 Å². The van der Waals surface area contributed by atoms with Crippen LogP contribution in [0.5, 0.6) is 5.75 Å². The second kappa shape index (κ2) is 5.83. The lowest BCUT2D eigenvalue weighted by molar-refractivity contribution is 0.310. The lowest BCUT2D eigenvalue weighted by Gasteiger charge is -2.09. The summed E-state index contributed by atoms with van der Waals surface area (Å²) in [5, 5.41) is 1.12. The molecule has 3 aromatic rings. The lowest BCUT2D eigenvalue weighted by Crippen LogP contribution is -1.97. The maximum absolute atomic E-state index is 5.92. The number of fused-ring (bicyclic) bond motifs is 1. The molecule has 102 valence electrons. The van der Waals surface area contributed by atoms with E-state index in [1.165, 1.54) is 0 Å². The number of para-hydroxylation sites is 2. The van der Waals surface area contributed by atoms with E-state index in [0.29, 0.717) is 0 Å². The Morgan fingerprint density at radius 1 is 1.00 bits per heavy atom. The molecule has 2 aromatic carbocycles. The summed E-state index contributed by atoms with van der Waals surface area (Å²) in [7, 11) is 0. The summed E-state index contributed by atoms with van der Waals surface area (Å²) in [4.78, 5) is 0. The summed E-state index contributed by atoms with van der Waals surface area (Å²) in [5.41, 5.74) is 1.92. The van der Waals surface area contributed by atoms with Gasteiger partial charge in [-0.15, -0.1) is 0 Å². The minimum absolute atomic E-state index is 0.744. The van der Waals surface area contributed by atoms with Gasteiger partial charge in [-0.3, -0.25) is 0 Å². The number of benzene rings is 2. The smallest absolute Gasteiger partial charge is 0.139 e. The van der Waals surface area contributed by atoms with Crippen LogP contribution in [-0.4, -0.2) is 6.61 Å². The average Bonchev–Trinajstić information content (AvgIpc) is 2.92. The van der Waals surface area contributed by atoms with Crippen LogP contribution in [0.2, 0.25) is 0 Å². The van der Waals surface area contributed by atoms with E-state index in [1.807, 2.05) is 42.5 Å². The van der Waals surface area contributed by atoms with Gasteiger partial charge in [-0.05, 0) is 30.7 Å². The van der Waals surface area contributed by atoms with Crippen molar-refractivity contribution in [1.29, 1.82) is 0 Å². The number of hydrogen-bond donors (Lipinski definition) is 0. The molecule has 0 saturated heterocycles. The summed E-state index contributed by atoms with van der Waals surface area (Å²) < 4.78 is 11.8. The maximum Gasteiger partial charge on any atom is 0.139 e. The van der Waals surface area contributed by atoms with Gasteiger partial charge in [-0.1, -0.05) is 43.7 Å². The Morgan fingerprint density at radius 3 is 2.65 bits per heavy atom. The first-order valence-corrected chi connectivity index (χ1v) is 7.09. The third kappa shape index (κ3) is 2.55. The van der Waals surface area contributed by atoms with Gasteiger partial charge in [0.05, 0.1) is 12.2 Å². The van der Waals surface area contributed by atoms with Gasteiger partial charge in [-0.25, -0.2) is 0 Å². The van der Waals surface area contributed by atoms with Gasteiger partial charge in [0.15, 0.2) is 0 Å². The summed E-state index contributed by atoms with van der Waals surface area (Å²) >= 11 is 0. The van der Waals surface area contributed by atoms with E-state index in [1.54, 1.807) is 0 Å². The van der Waals surface area contributed by atoms with Crippen LogP contribution in [0, 0.1) is 0 Å². The van der Waals surface area contributed by atoms with Crippen LogP contribution in [0.15, 0.2) is 59.0 Å². The Kier molecular flexibility index (Phi) is 3.73. The van der Waals surface area contributed by atoms with E-state index in [2.05, 4.69) is 19.1 Å². The van der Waals surface area contributed by atoms with E-state index in [-0.39, 0.29) is 0 Å². The summed E-state index contributed by atoms with van der Waals surface area (Å²) in [6.45, 7) is 2.91. The third-order valence-corrected chi connectivity index (χ3v) is 3.33. The van der Waals surface area contributed by atoms with Gasteiger partial charge in [0, 0.05) is 5.39 Å². The zero-order valence-electron chi connectivity index (χ0n) is 11.6. The van der Waals surface area contributed by atoms with Crippen LogP contribution in [0.3, 0.4) is 0 Å². The number of rotatable bonds is 5. The van der Waals surface area contributed by atoms with E-state index in [4.69, 9.17) is 9.15 Å². The van der Waals surface area contributed by atoms with Crippen LogP contribution >= 0.6 is 0 Å². The normalized spacial score (nSPS) is 10.8. The fourth-order valence-corrected chi connectivity index (χ4v) is 2.24. The zero-order chi connectivity index (χ0) is 13.8. The van der Waals surface area contributed by atoms with Crippen molar-refractivity contribution in [3.8, 4) is 17.1 Å².